The summed E-state index contributed by atoms with van der Waals surface area (Å²) in [4.78, 5) is 2.12. The number of anilines is 2. The smallest absolute Gasteiger partial charge is 0.0819 e. The molecule has 3 heteroatoms. The van der Waals surface area contributed by atoms with E-state index in [-0.39, 0.29) is 0 Å². The first kappa shape index (κ1) is 13.2. The molecule has 0 radical (unpaired) electrons. The van der Waals surface area contributed by atoms with E-state index in [0.717, 1.165) is 31.4 Å². The highest BCUT2D eigenvalue weighted by Crippen LogP contribution is 2.30. The molecular formula is C15H24N2O. The Balaban J connectivity index is 2.03. The van der Waals surface area contributed by atoms with Crippen molar-refractivity contribution in [1.29, 1.82) is 0 Å². The Morgan fingerprint density at radius 3 is 2.56 bits per heavy atom. The van der Waals surface area contributed by atoms with Gasteiger partial charge in [0, 0.05) is 32.0 Å². The molecule has 1 aromatic carbocycles. The Bertz CT molecular complexity index is 409. The van der Waals surface area contributed by atoms with Crippen LogP contribution < -0.4 is 10.2 Å². The van der Waals surface area contributed by atoms with Crippen molar-refractivity contribution in [2.45, 2.75) is 38.2 Å². The Morgan fingerprint density at radius 2 is 1.94 bits per heavy atom. The summed E-state index contributed by atoms with van der Waals surface area (Å²) in [6, 6.07) is 6.35. The highest BCUT2D eigenvalue weighted by atomic mass is 16.3. The predicted octanol–water partition coefficient (Wildman–Crippen LogP) is 2.78. The van der Waals surface area contributed by atoms with E-state index in [9.17, 15) is 5.11 Å². The largest absolute Gasteiger partial charge is 0.388 e. The SMILES string of the molecule is Cc1ccc(NCC2(O)CCCC2)cc1N(C)C. The molecule has 0 unspecified atom stereocenters. The van der Waals surface area contributed by atoms with E-state index < -0.39 is 5.60 Å². The van der Waals surface area contributed by atoms with E-state index in [4.69, 9.17) is 0 Å². The van der Waals surface area contributed by atoms with Crippen molar-refractivity contribution in [2.24, 2.45) is 0 Å². The second-order valence-corrected chi connectivity index (χ2v) is 5.68. The summed E-state index contributed by atoms with van der Waals surface area (Å²) in [5.41, 5.74) is 3.08. The molecule has 2 rings (SSSR count). The number of benzene rings is 1. The first-order valence-electron chi connectivity index (χ1n) is 6.74. The van der Waals surface area contributed by atoms with Crippen LogP contribution >= 0.6 is 0 Å². The highest BCUT2D eigenvalue weighted by molar-refractivity contribution is 5.61. The third kappa shape index (κ3) is 2.96. The van der Waals surface area contributed by atoms with Gasteiger partial charge in [-0.05, 0) is 37.5 Å². The van der Waals surface area contributed by atoms with E-state index in [1.54, 1.807) is 0 Å². The molecule has 1 fully saturated rings. The fraction of sp³-hybridized carbons (Fsp3) is 0.600. The predicted molar refractivity (Wildman–Crippen MR) is 77.4 cm³/mol. The summed E-state index contributed by atoms with van der Waals surface area (Å²) in [6.07, 6.45) is 4.14. The molecule has 0 bridgehead atoms. The van der Waals surface area contributed by atoms with Crippen molar-refractivity contribution in [3.63, 3.8) is 0 Å². The van der Waals surface area contributed by atoms with Crippen molar-refractivity contribution in [1.82, 2.24) is 0 Å². The number of hydrogen-bond donors (Lipinski definition) is 2. The van der Waals surface area contributed by atoms with Crippen LogP contribution in [-0.4, -0.2) is 31.3 Å². The summed E-state index contributed by atoms with van der Waals surface area (Å²) < 4.78 is 0. The first-order valence-corrected chi connectivity index (χ1v) is 6.74. The van der Waals surface area contributed by atoms with E-state index in [2.05, 4.69) is 49.4 Å². The molecule has 18 heavy (non-hydrogen) atoms. The quantitative estimate of drug-likeness (QED) is 0.860. The number of aryl methyl sites for hydroxylation is 1. The molecule has 1 aliphatic carbocycles. The molecule has 1 aliphatic rings. The minimum atomic E-state index is -0.497. The van der Waals surface area contributed by atoms with Crippen LogP contribution in [0.5, 0.6) is 0 Å². The molecule has 100 valence electrons. The molecule has 0 aliphatic heterocycles. The van der Waals surface area contributed by atoms with Crippen LogP contribution in [0.4, 0.5) is 11.4 Å². The molecule has 0 heterocycles. The average molecular weight is 248 g/mol. The molecule has 0 atom stereocenters. The van der Waals surface area contributed by atoms with Crippen molar-refractivity contribution in [3.8, 4) is 0 Å². The van der Waals surface area contributed by atoms with Crippen molar-refractivity contribution in [2.75, 3.05) is 30.9 Å². The Hall–Kier alpha value is -1.22. The number of nitrogens with zero attached hydrogens (tertiary/aromatic N) is 1. The van der Waals surface area contributed by atoms with Gasteiger partial charge in [0.05, 0.1) is 5.60 Å². The van der Waals surface area contributed by atoms with Crippen LogP contribution in [0.25, 0.3) is 0 Å². The summed E-state index contributed by atoms with van der Waals surface area (Å²) in [7, 11) is 4.10. The summed E-state index contributed by atoms with van der Waals surface area (Å²) >= 11 is 0. The van der Waals surface area contributed by atoms with Gasteiger partial charge in [-0.25, -0.2) is 0 Å². The van der Waals surface area contributed by atoms with Gasteiger partial charge in [-0.2, -0.15) is 0 Å². The van der Waals surface area contributed by atoms with Crippen LogP contribution in [0.3, 0.4) is 0 Å². The third-order valence-corrected chi connectivity index (χ3v) is 3.85. The molecule has 1 saturated carbocycles. The average Bonchev–Trinajstić information content (AvgIpc) is 2.75. The van der Waals surface area contributed by atoms with Gasteiger partial charge in [0.25, 0.3) is 0 Å². The zero-order valence-corrected chi connectivity index (χ0v) is 11.7. The van der Waals surface area contributed by atoms with E-state index in [1.807, 2.05) is 0 Å². The van der Waals surface area contributed by atoms with Gasteiger partial charge in [0.1, 0.15) is 0 Å². The van der Waals surface area contributed by atoms with Crippen LogP contribution in [0.15, 0.2) is 18.2 Å². The molecular weight excluding hydrogens is 224 g/mol. The lowest BCUT2D eigenvalue weighted by molar-refractivity contribution is 0.0615. The highest BCUT2D eigenvalue weighted by Gasteiger charge is 2.30. The van der Waals surface area contributed by atoms with Crippen molar-refractivity contribution in [3.05, 3.63) is 23.8 Å². The normalized spacial score (nSPS) is 17.8. The van der Waals surface area contributed by atoms with Gasteiger partial charge in [-0.15, -0.1) is 0 Å². The topological polar surface area (TPSA) is 35.5 Å². The lowest BCUT2D eigenvalue weighted by Gasteiger charge is -2.24. The monoisotopic (exact) mass is 248 g/mol. The zero-order chi connectivity index (χ0) is 13.2. The second kappa shape index (κ2) is 5.19. The number of aliphatic hydroxyl groups is 1. The number of rotatable bonds is 4. The third-order valence-electron chi connectivity index (χ3n) is 3.85. The molecule has 0 aromatic heterocycles. The first-order chi connectivity index (χ1) is 8.50. The van der Waals surface area contributed by atoms with E-state index in [0.29, 0.717) is 6.54 Å². The molecule has 0 amide bonds. The standard InChI is InChI=1S/C15H24N2O/c1-12-6-7-13(10-14(12)17(2)3)16-11-15(18)8-4-5-9-15/h6-7,10,16,18H,4-5,8-9,11H2,1-3H3. The van der Waals surface area contributed by atoms with Crippen LogP contribution in [0.1, 0.15) is 31.2 Å². The number of nitrogens with one attached hydrogen (secondary N) is 1. The molecule has 3 nitrogen and oxygen atoms in total. The van der Waals surface area contributed by atoms with Gasteiger partial charge in [-0.1, -0.05) is 18.9 Å². The number of hydrogen-bond acceptors (Lipinski definition) is 3. The lowest BCUT2D eigenvalue weighted by atomic mass is 10.0. The van der Waals surface area contributed by atoms with Gasteiger partial charge >= 0.3 is 0 Å². The maximum absolute atomic E-state index is 10.3. The van der Waals surface area contributed by atoms with Crippen LogP contribution in [0, 0.1) is 6.92 Å². The minimum absolute atomic E-state index is 0.497. The minimum Gasteiger partial charge on any atom is -0.388 e. The zero-order valence-electron chi connectivity index (χ0n) is 11.7. The summed E-state index contributed by atoms with van der Waals surface area (Å²) in [5, 5.41) is 13.7. The fourth-order valence-corrected chi connectivity index (χ4v) is 2.68. The maximum atomic E-state index is 10.3. The van der Waals surface area contributed by atoms with E-state index >= 15 is 0 Å². The van der Waals surface area contributed by atoms with Gasteiger partial charge in [-0.3, -0.25) is 0 Å². The summed E-state index contributed by atoms with van der Waals surface area (Å²) in [5.74, 6) is 0. The van der Waals surface area contributed by atoms with E-state index in [1.165, 1.54) is 11.3 Å². The van der Waals surface area contributed by atoms with Crippen LogP contribution in [0.2, 0.25) is 0 Å². The molecule has 0 spiro atoms. The Kier molecular flexibility index (Phi) is 3.81. The molecule has 0 saturated heterocycles. The van der Waals surface area contributed by atoms with Crippen molar-refractivity contribution < 1.29 is 5.11 Å². The maximum Gasteiger partial charge on any atom is 0.0819 e. The van der Waals surface area contributed by atoms with Crippen molar-refractivity contribution >= 4 is 11.4 Å². The van der Waals surface area contributed by atoms with Gasteiger partial charge in [0.2, 0.25) is 0 Å². The van der Waals surface area contributed by atoms with Gasteiger partial charge < -0.3 is 15.3 Å². The second-order valence-electron chi connectivity index (χ2n) is 5.68. The van der Waals surface area contributed by atoms with Gasteiger partial charge in [0.15, 0.2) is 0 Å². The van der Waals surface area contributed by atoms with Crippen LogP contribution in [-0.2, 0) is 0 Å². The molecule has 2 N–H and O–H groups in total. The fourth-order valence-electron chi connectivity index (χ4n) is 2.68. The Morgan fingerprint density at radius 1 is 1.28 bits per heavy atom. The Labute approximate surface area is 110 Å². The summed E-state index contributed by atoms with van der Waals surface area (Å²) in [6.45, 7) is 2.77. The lowest BCUT2D eigenvalue weighted by Crippen LogP contribution is -2.33. The molecule has 1 aromatic rings.